The van der Waals surface area contributed by atoms with E-state index in [0.29, 0.717) is 11.5 Å². The number of aryl methyl sites for hydroxylation is 1. The summed E-state index contributed by atoms with van der Waals surface area (Å²) in [5.74, 6) is 0.239. The Morgan fingerprint density at radius 2 is 2.13 bits per heavy atom. The summed E-state index contributed by atoms with van der Waals surface area (Å²) < 4.78 is 0. The van der Waals surface area contributed by atoms with Crippen molar-refractivity contribution < 1.29 is 9.72 Å². The summed E-state index contributed by atoms with van der Waals surface area (Å²) in [6.07, 6.45) is 1.81. The number of rotatable bonds is 6. The lowest BCUT2D eigenvalue weighted by molar-refractivity contribution is -0.383. The van der Waals surface area contributed by atoms with Gasteiger partial charge in [-0.15, -0.1) is 0 Å². The Morgan fingerprint density at radius 3 is 2.78 bits per heavy atom. The molecule has 23 heavy (non-hydrogen) atoms. The SMILES string of the molecule is Cc1ccc(NC(=O)CCNc2ccc(Cl)cc2[N+](=O)[O-])nc1. The van der Waals surface area contributed by atoms with Crippen molar-refractivity contribution in [3.05, 3.63) is 57.2 Å². The first kappa shape index (κ1) is 16.7. The van der Waals surface area contributed by atoms with Gasteiger partial charge in [0.05, 0.1) is 4.92 Å². The zero-order valence-electron chi connectivity index (χ0n) is 12.4. The summed E-state index contributed by atoms with van der Waals surface area (Å²) in [5.41, 5.74) is 1.19. The van der Waals surface area contributed by atoms with Gasteiger partial charge in [-0.1, -0.05) is 17.7 Å². The smallest absolute Gasteiger partial charge is 0.293 e. The summed E-state index contributed by atoms with van der Waals surface area (Å²) in [4.78, 5) is 26.3. The van der Waals surface area contributed by atoms with Crippen LogP contribution in [0.4, 0.5) is 17.2 Å². The zero-order chi connectivity index (χ0) is 16.8. The van der Waals surface area contributed by atoms with Crippen molar-refractivity contribution in [3.63, 3.8) is 0 Å². The molecule has 1 heterocycles. The second-order valence-electron chi connectivity index (χ2n) is 4.86. The molecule has 0 aliphatic carbocycles. The van der Waals surface area contributed by atoms with E-state index in [-0.39, 0.29) is 29.6 Å². The number of carbonyl (C=O) groups is 1. The second kappa shape index (κ2) is 7.55. The molecule has 2 rings (SSSR count). The molecular formula is C15H15ClN4O3. The van der Waals surface area contributed by atoms with Crippen molar-refractivity contribution in [3.8, 4) is 0 Å². The van der Waals surface area contributed by atoms with Crippen LogP contribution in [0.15, 0.2) is 36.5 Å². The van der Waals surface area contributed by atoms with Crippen LogP contribution < -0.4 is 10.6 Å². The van der Waals surface area contributed by atoms with Gasteiger partial charge < -0.3 is 10.6 Å². The maximum atomic E-state index is 11.8. The van der Waals surface area contributed by atoms with Crippen molar-refractivity contribution in [2.75, 3.05) is 17.2 Å². The molecule has 0 fully saturated rings. The summed E-state index contributed by atoms with van der Waals surface area (Å²) in [6.45, 7) is 2.15. The van der Waals surface area contributed by atoms with Gasteiger partial charge in [0.25, 0.3) is 5.69 Å². The van der Waals surface area contributed by atoms with Crippen LogP contribution in [0.3, 0.4) is 0 Å². The molecule has 0 aliphatic rings. The largest absolute Gasteiger partial charge is 0.379 e. The predicted octanol–water partition coefficient (Wildman–Crippen LogP) is 3.39. The van der Waals surface area contributed by atoms with Crippen LogP contribution in [0, 0.1) is 17.0 Å². The molecule has 0 unspecified atom stereocenters. The quantitative estimate of drug-likeness (QED) is 0.623. The Bertz CT molecular complexity index is 719. The molecule has 120 valence electrons. The van der Waals surface area contributed by atoms with Crippen molar-refractivity contribution in [1.29, 1.82) is 0 Å². The molecule has 2 N–H and O–H groups in total. The molecule has 1 aromatic carbocycles. The normalized spacial score (nSPS) is 10.2. The Hall–Kier alpha value is -2.67. The Kier molecular flexibility index (Phi) is 5.48. The fourth-order valence-electron chi connectivity index (χ4n) is 1.86. The molecule has 1 aromatic heterocycles. The summed E-state index contributed by atoms with van der Waals surface area (Å²) >= 11 is 5.74. The molecule has 0 saturated heterocycles. The molecule has 0 bridgehead atoms. The van der Waals surface area contributed by atoms with Gasteiger partial charge in [0.15, 0.2) is 0 Å². The van der Waals surface area contributed by atoms with Crippen molar-refractivity contribution in [2.24, 2.45) is 0 Å². The third-order valence-electron chi connectivity index (χ3n) is 3.00. The molecule has 0 saturated carbocycles. The molecule has 8 heteroatoms. The number of aromatic nitrogens is 1. The van der Waals surface area contributed by atoms with Crippen LogP contribution in [-0.2, 0) is 4.79 Å². The highest BCUT2D eigenvalue weighted by Crippen LogP contribution is 2.27. The molecule has 7 nitrogen and oxygen atoms in total. The maximum Gasteiger partial charge on any atom is 0.293 e. The first-order valence-electron chi connectivity index (χ1n) is 6.86. The van der Waals surface area contributed by atoms with E-state index in [4.69, 9.17) is 11.6 Å². The van der Waals surface area contributed by atoms with Crippen LogP contribution in [0.1, 0.15) is 12.0 Å². The topological polar surface area (TPSA) is 97.2 Å². The number of hydrogen-bond donors (Lipinski definition) is 2. The lowest BCUT2D eigenvalue weighted by Crippen LogP contribution is -2.17. The summed E-state index contributed by atoms with van der Waals surface area (Å²) in [7, 11) is 0. The van der Waals surface area contributed by atoms with Gasteiger partial charge in [0.1, 0.15) is 11.5 Å². The Morgan fingerprint density at radius 1 is 1.35 bits per heavy atom. The van der Waals surface area contributed by atoms with Gasteiger partial charge in [0.2, 0.25) is 5.91 Å². The van der Waals surface area contributed by atoms with E-state index in [1.807, 2.05) is 13.0 Å². The fraction of sp³-hybridized carbons (Fsp3) is 0.200. The average Bonchev–Trinajstić information content (AvgIpc) is 2.51. The maximum absolute atomic E-state index is 11.8. The van der Waals surface area contributed by atoms with E-state index in [1.165, 1.54) is 12.1 Å². The monoisotopic (exact) mass is 334 g/mol. The van der Waals surface area contributed by atoms with E-state index >= 15 is 0 Å². The number of anilines is 2. The van der Waals surface area contributed by atoms with Crippen LogP contribution in [0.5, 0.6) is 0 Å². The number of nitrogens with zero attached hydrogens (tertiary/aromatic N) is 2. The van der Waals surface area contributed by atoms with Crippen molar-refractivity contribution in [1.82, 2.24) is 4.98 Å². The summed E-state index contributed by atoms with van der Waals surface area (Å²) in [6, 6.07) is 7.88. The molecule has 0 spiro atoms. The van der Waals surface area contributed by atoms with Gasteiger partial charge in [-0.05, 0) is 30.7 Å². The zero-order valence-corrected chi connectivity index (χ0v) is 13.1. The number of carbonyl (C=O) groups excluding carboxylic acids is 1. The molecule has 0 atom stereocenters. The van der Waals surface area contributed by atoms with Crippen molar-refractivity contribution in [2.45, 2.75) is 13.3 Å². The van der Waals surface area contributed by atoms with E-state index in [2.05, 4.69) is 15.6 Å². The van der Waals surface area contributed by atoms with E-state index in [0.717, 1.165) is 5.56 Å². The van der Waals surface area contributed by atoms with Crippen LogP contribution in [0.2, 0.25) is 5.02 Å². The number of amides is 1. The fourth-order valence-corrected chi connectivity index (χ4v) is 2.03. The highest BCUT2D eigenvalue weighted by atomic mass is 35.5. The molecule has 0 radical (unpaired) electrons. The highest BCUT2D eigenvalue weighted by Gasteiger charge is 2.14. The lowest BCUT2D eigenvalue weighted by atomic mass is 10.2. The third-order valence-corrected chi connectivity index (χ3v) is 3.24. The first-order chi connectivity index (χ1) is 11.0. The summed E-state index contributed by atoms with van der Waals surface area (Å²) in [5, 5.41) is 16.8. The highest BCUT2D eigenvalue weighted by molar-refractivity contribution is 6.30. The van der Waals surface area contributed by atoms with E-state index < -0.39 is 4.92 Å². The third kappa shape index (κ3) is 4.93. The number of nitro groups is 1. The minimum absolute atomic E-state index is 0.127. The van der Waals surface area contributed by atoms with E-state index in [9.17, 15) is 14.9 Å². The molecule has 1 amide bonds. The lowest BCUT2D eigenvalue weighted by Gasteiger charge is -2.08. The second-order valence-corrected chi connectivity index (χ2v) is 5.30. The van der Waals surface area contributed by atoms with Gasteiger partial charge in [-0.2, -0.15) is 0 Å². The van der Waals surface area contributed by atoms with Crippen LogP contribution in [-0.4, -0.2) is 22.4 Å². The van der Waals surface area contributed by atoms with Crippen molar-refractivity contribution >= 4 is 34.7 Å². The number of pyridine rings is 1. The number of hydrogen-bond acceptors (Lipinski definition) is 5. The Balaban J connectivity index is 1.88. The standard InChI is InChI=1S/C15H15ClN4O3/c1-10-2-5-14(18-9-10)19-15(21)6-7-17-12-4-3-11(16)8-13(12)20(22)23/h2-5,8-9,17H,6-7H2,1H3,(H,18,19,21). The number of nitro benzene ring substituents is 1. The van der Waals surface area contributed by atoms with Gasteiger partial charge in [0, 0.05) is 30.3 Å². The average molecular weight is 335 g/mol. The number of halogens is 1. The van der Waals surface area contributed by atoms with Crippen LogP contribution in [0.25, 0.3) is 0 Å². The molecular weight excluding hydrogens is 320 g/mol. The van der Waals surface area contributed by atoms with E-state index in [1.54, 1.807) is 18.3 Å². The predicted molar refractivity (Wildman–Crippen MR) is 88.8 cm³/mol. The molecule has 0 aliphatic heterocycles. The van der Waals surface area contributed by atoms with Gasteiger partial charge >= 0.3 is 0 Å². The van der Waals surface area contributed by atoms with Gasteiger partial charge in [-0.3, -0.25) is 14.9 Å². The minimum Gasteiger partial charge on any atom is -0.379 e. The van der Waals surface area contributed by atoms with Crippen LogP contribution >= 0.6 is 11.6 Å². The Labute approximate surface area is 137 Å². The first-order valence-corrected chi connectivity index (χ1v) is 7.24. The number of nitrogens with one attached hydrogen (secondary N) is 2. The number of benzene rings is 1. The minimum atomic E-state index is -0.523. The van der Waals surface area contributed by atoms with Gasteiger partial charge in [-0.25, -0.2) is 4.98 Å². The molecule has 2 aromatic rings.